The Bertz CT molecular complexity index is 1060. The van der Waals surface area contributed by atoms with Gasteiger partial charge in [0.1, 0.15) is 5.82 Å². The Morgan fingerprint density at radius 3 is 2.71 bits per heavy atom. The molecule has 4 rings (SSSR count). The maximum atomic E-state index is 13.4. The summed E-state index contributed by atoms with van der Waals surface area (Å²) in [4.78, 5) is 2.15. The highest BCUT2D eigenvalue weighted by Crippen LogP contribution is 2.23. The van der Waals surface area contributed by atoms with Crippen molar-refractivity contribution < 1.29 is 17.5 Å². The first kappa shape index (κ1) is 22.5. The van der Waals surface area contributed by atoms with Gasteiger partial charge in [0.2, 0.25) is 10.0 Å². The lowest BCUT2D eigenvalue weighted by Gasteiger charge is -2.32. The summed E-state index contributed by atoms with van der Waals surface area (Å²) < 4.78 is 49.5. The Morgan fingerprint density at radius 2 is 2.03 bits per heavy atom. The van der Waals surface area contributed by atoms with Gasteiger partial charge in [-0.25, -0.2) is 22.2 Å². The molecule has 0 bridgehead atoms. The van der Waals surface area contributed by atoms with Crippen LogP contribution in [0.15, 0.2) is 24.3 Å². The third-order valence-corrected chi connectivity index (χ3v) is 6.85. The summed E-state index contributed by atoms with van der Waals surface area (Å²) in [7, 11) is -3.25. The molecule has 2 atom stereocenters. The number of benzene rings is 1. The van der Waals surface area contributed by atoms with Crippen molar-refractivity contribution in [3.63, 3.8) is 0 Å². The van der Waals surface area contributed by atoms with Crippen LogP contribution in [-0.2, 0) is 28.0 Å². The zero-order chi connectivity index (χ0) is 22.0. The number of piperidine rings is 1. The van der Waals surface area contributed by atoms with Crippen LogP contribution in [0.5, 0.6) is 0 Å². The molecule has 170 valence electrons. The lowest BCUT2D eigenvalue weighted by Crippen LogP contribution is -2.47. The average Bonchev–Trinajstić information content (AvgIpc) is 3.32. The maximum absolute atomic E-state index is 13.4. The van der Waals surface area contributed by atoms with E-state index in [9.17, 15) is 12.8 Å². The SMILES string of the molecule is CS(=O)(=O)NC1CCCN(Cn2nc(-c3ccc(F)cc3)n(CC3CCCO3)c2=S)C1. The van der Waals surface area contributed by atoms with E-state index >= 15 is 0 Å². The van der Waals surface area contributed by atoms with E-state index in [-0.39, 0.29) is 18.0 Å². The Morgan fingerprint density at radius 1 is 1.26 bits per heavy atom. The maximum Gasteiger partial charge on any atom is 0.208 e. The average molecular weight is 470 g/mol. The van der Waals surface area contributed by atoms with Crippen molar-refractivity contribution in [2.24, 2.45) is 0 Å². The largest absolute Gasteiger partial charge is 0.376 e. The summed E-state index contributed by atoms with van der Waals surface area (Å²) in [6.45, 7) is 3.26. The molecular weight excluding hydrogens is 441 g/mol. The summed E-state index contributed by atoms with van der Waals surface area (Å²) in [5.41, 5.74) is 0.791. The zero-order valence-electron chi connectivity index (χ0n) is 17.5. The van der Waals surface area contributed by atoms with Crippen LogP contribution in [0, 0.1) is 10.6 Å². The number of halogens is 1. The summed E-state index contributed by atoms with van der Waals surface area (Å²) in [5.74, 6) is 0.383. The van der Waals surface area contributed by atoms with E-state index in [1.807, 2.05) is 4.57 Å². The van der Waals surface area contributed by atoms with E-state index in [0.29, 0.717) is 30.4 Å². The molecule has 2 saturated heterocycles. The molecule has 1 N–H and O–H groups in total. The molecule has 11 heteroatoms. The van der Waals surface area contributed by atoms with E-state index in [2.05, 4.69) is 9.62 Å². The Hall–Kier alpha value is -1.66. The first-order valence-corrected chi connectivity index (χ1v) is 12.8. The van der Waals surface area contributed by atoms with Crippen LogP contribution < -0.4 is 4.72 Å². The van der Waals surface area contributed by atoms with Gasteiger partial charge in [0.15, 0.2) is 10.6 Å². The molecule has 3 heterocycles. The fraction of sp³-hybridized carbons (Fsp3) is 0.600. The van der Waals surface area contributed by atoms with Gasteiger partial charge in [-0.15, -0.1) is 0 Å². The summed E-state index contributed by atoms with van der Waals surface area (Å²) >= 11 is 5.75. The second kappa shape index (κ2) is 9.45. The molecule has 1 aromatic heterocycles. The van der Waals surface area contributed by atoms with Gasteiger partial charge >= 0.3 is 0 Å². The molecule has 1 aromatic carbocycles. The van der Waals surface area contributed by atoms with Crippen LogP contribution in [0.2, 0.25) is 0 Å². The predicted octanol–water partition coefficient (Wildman–Crippen LogP) is 2.37. The molecule has 0 amide bonds. The normalized spacial score (nSPS) is 22.8. The van der Waals surface area contributed by atoms with Gasteiger partial charge in [0.05, 0.1) is 25.6 Å². The van der Waals surface area contributed by atoms with Crippen molar-refractivity contribution in [3.05, 3.63) is 34.9 Å². The number of hydrogen-bond donors (Lipinski definition) is 1. The Balaban J connectivity index is 1.58. The van der Waals surface area contributed by atoms with E-state index in [1.165, 1.54) is 18.4 Å². The third-order valence-electron chi connectivity index (χ3n) is 5.66. The molecular formula is C20H28FN5O3S2. The highest BCUT2D eigenvalue weighted by Gasteiger charge is 2.25. The monoisotopic (exact) mass is 469 g/mol. The number of sulfonamides is 1. The molecule has 0 aliphatic carbocycles. The van der Waals surface area contributed by atoms with Crippen molar-refractivity contribution >= 4 is 22.2 Å². The predicted molar refractivity (Wildman–Crippen MR) is 118 cm³/mol. The van der Waals surface area contributed by atoms with Gasteiger partial charge in [-0.2, -0.15) is 5.10 Å². The fourth-order valence-electron chi connectivity index (χ4n) is 4.27. The van der Waals surface area contributed by atoms with Crippen molar-refractivity contribution in [3.8, 4) is 11.4 Å². The van der Waals surface area contributed by atoms with E-state index in [4.69, 9.17) is 22.1 Å². The Kier molecular flexibility index (Phi) is 6.87. The number of hydrogen-bond acceptors (Lipinski definition) is 6. The van der Waals surface area contributed by atoms with Crippen molar-refractivity contribution in [1.29, 1.82) is 0 Å². The molecule has 31 heavy (non-hydrogen) atoms. The van der Waals surface area contributed by atoms with Gasteiger partial charge in [0, 0.05) is 31.3 Å². The molecule has 8 nitrogen and oxygen atoms in total. The number of nitrogens with one attached hydrogen (secondary N) is 1. The Labute approximate surface area is 187 Å². The highest BCUT2D eigenvalue weighted by atomic mass is 32.2. The quantitative estimate of drug-likeness (QED) is 0.627. The molecule has 0 saturated carbocycles. The van der Waals surface area contributed by atoms with Gasteiger partial charge in [0.25, 0.3) is 0 Å². The number of rotatable bonds is 7. The minimum atomic E-state index is -3.25. The van der Waals surface area contributed by atoms with Gasteiger partial charge < -0.3 is 4.74 Å². The second-order valence-corrected chi connectivity index (χ2v) is 10.5. The van der Waals surface area contributed by atoms with Crippen LogP contribution >= 0.6 is 12.2 Å². The molecule has 0 radical (unpaired) electrons. The highest BCUT2D eigenvalue weighted by molar-refractivity contribution is 7.88. The molecule has 0 spiro atoms. The summed E-state index contributed by atoms with van der Waals surface area (Å²) in [5, 5.41) is 4.76. The van der Waals surface area contributed by atoms with Crippen LogP contribution in [0.25, 0.3) is 11.4 Å². The lowest BCUT2D eigenvalue weighted by atomic mass is 10.1. The molecule has 2 unspecified atom stereocenters. The van der Waals surface area contributed by atoms with Crippen molar-refractivity contribution in [2.75, 3.05) is 26.0 Å². The standard InChI is InChI=1S/C20H28FN5O3S2/c1-31(27,28)23-17-4-2-10-24(12-17)14-26-20(30)25(13-18-5-3-11-29-18)19(22-26)15-6-8-16(21)9-7-15/h6-9,17-18,23H,2-5,10-14H2,1H3. The van der Waals surface area contributed by atoms with Gasteiger partial charge in [-0.3, -0.25) is 9.47 Å². The van der Waals surface area contributed by atoms with Gasteiger partial charge in [-0.05, 0) is 62.2 Å². The summed E-state index contributed by atoms with van der Waals surface area (Å²) in [6, 6.07) is 6.12. The van der Waals surface area contributed by atoms with E-state index < -0.39 is 10.0 Å². The van der Waals surface area contributed by atoms with Crippen LogP contribution in [0.3, 0.4) is 0 Å². The fourth-order valence-corrected chi connectivity index (χ4v) is 5.33. The first-order valence-electron chi connectivity index (χ1n) is 10.5. The molecule has 2 aromatic rings. The van der Waals surface area contributed by atoms with Crippen LogP contribution in [0.4, 0.5) is 4.39 Å². The first-order chi connectivity index (χ1) is 14.8. The minimum Gasteiger partial charge on any atom is -0.376 e. The smallest absolute Gasteiger partial charge is 0.208 e. The van der Waals surface area contributed by atoms with Gasteiger partial charge in [-0.1, -0.05) is 0 Å². The lowest BCUT2D eigenvalue weighted by molar-refractivity contribution is 0.0965. The van der Waals surface area contributed by atoms with E-state index in [1.54, 1.807) is 16.8 Å². The number of aromatic nitrogens is 3. The van der Waals surface area contributed by atoms with E-state index in [0.717, 1.165) is 44.4 Å². The molecule has 2 aliphatic rings. The van der Waals surface area contributed by atoms with Crippen LogP contribution in [0.1, 0.15) is 25.7 Å². The topological polar surface area (TPSA) is 81.4 Å². The molecule has 2 fully saturated rings. The van der Waals surface area contributed by atoms with Crippen molar-refractivity contribution in [2.45, 2.75) is 51.0 Å². The second-order valence-electron chi connectivity index (χ2n) is 8.31. The van der Waals surface area contributed by atoms with Crippen molar-refractivity contribution in [1.82, 2.24) is 24.0 Å². The third kappa shape index (κ3) is 5.78. The minimum absolute atomic E-state index is 0.0851. The van der Waals surface area contributed by atoms with Crippen LogP contribution in [-0.4, -0.2) is 65.8 Å². The molecule has 2 aliphatic heterocycles. The number of ether oxygens (including phenoxy) is 1. The number of nitrogens with zero attached hydrogens (tertiary/aromatic N) is 4. The summed E-state index contributed by atoms with van der Waals surface area (Å²) in [6.07, 6.45) is 4.97. The number of likely N-dealkylation sites (tertiary alicyclic amines) is 1. The zero-order valence-corrected chi connectivity index (χ0v) is 19.2.